The zero-order valence-corrected chi connectivity index (χ0v) is 22.8. The third-order valence-corrected chi connectivity index (χ3v) is 6.36. The van der Waals surface area contributed by atoms with E-state index in [9.17, 15) is 24.3 Å². The predicted molar refractivity (Wildman–Crippen MR) is 150 cm³/mol. The first kappa shape index (κ1) is 34.0. The standard InChI is InChI=1S/C27H47N7O5/c28-15-7-4-12-21(32-24(35)20(31)18-19-10-2-1-3-11-19)25(36)33-22(13-5-8-16-29)26(37)34-23(27(38)39)14-6-9-17-30/h1-3,10-11,20-23H,4-9,12-18,28-31H2,(H,32,35)(H,33,36)(H,34,37)(H,38,39)/t20-,21-,22-,23-/m0/s1. The Morgan fingerprint density at radius 1 is 0.641 bits per heavy atom. The number of nitrogens with two attached hydrogens (primary N) is 4. The number of nitrogens with one attached hydrogen (secondary N) is 3. The number of unbranched alkanes of at least 4 members (excludes halogenated alkanes) is 3. The van der Waals surface area contributed by atoms with Crippen LogP contribution in [0.1, 0.15) is 63.4 Å². The van der Waals surface area contributed by atoms with Gasteiger partial charge in [0.15, 0.2) is 0 Å². The van der Waals surface area contributed by atoms with Crippen LogP contribution >= 0.6 is 0 Å². The summed E-state index contributed by atoms with van der Waals surface area (Å²) in [7, 11) is 0. The summed E-state index contributed by atoms with van der Waals surface area (Å²) in [5.74, 6) is -2.79. The second-order valence-electron chi connectivity index (χ2n) is 9.67. The molecular formula is C27H47N7O5. The highest BCUT2D eigenvalue weighted by Crippen LogP contribution is 2.08. The lowest BCUT2D eigenvalue weighted by Gasteiger charge is -2.25. The van der Waals surface area contributed by atoms with Gasteiger partial charge in [0.1, 0.15) is 18.1 Å². The monoisotopic (exact) mass is 549 g/mol. The van der Waals surface area contributed by atoms with Crippen LogP contribution in [0.4, 0.5) is 0 Å². The summed E-state index contributed by atoms with van der Waals surface area (Å²) in [5, 5.41) is 17.5. The van der Waals surface area contributed by atoms with Crippen molar-refractivity contribution >= 4 is 23.7 Å². The number of carbonyl (C=O) groups is 4. The van der Waals surface area contributed by atoms with Gasteiger partial charge >= 0.3 is 5.97 Å². The van der Waals surface area contributed by atoms with Crippen LogP contribution in [0.15, 0.2) is 30.3 Å². The van der Waals surface area contributed by atoms with E-state index in [4.69, 9.17) is 22.9 Å². The Hall–Kier alpha value is -3.06. The molecule has 12 heteroatoms. The predicted octanol–water partition coefficient (Wildman–Crippen LogP) is -0.518. The van der Waals surface area contributed by atoms with Crippen molar-refractivity contribution in [2.75, 3.05) is 19.6 Å². The van der Waals surface area contributed by atoms with Gasteiger partial charge in [0.05, 0.1) is 6.04 Å². The lowest BCUT2D eigenvalue weighted by molar-refractivity contribution is -0.142. The summed E-state index contributed by atoms with van der Waals surface area (Å²) in [5.41, 5.74) is 23.7. The molecule has 1 aromatic rings. The molecule has 1 aromatic carbocycles. The van der Waals surface area contributed by atoms with E-state index in [1.807, 2.05) is 30.3 Å². The minimum Gasteiger partial charge on any atom is -0.480 e. The van der Waals surface area contributed by atoms with Gasteiger partial charge in [-0.05, 0) is 89.4 Å². The minimum atomic E-state index is -1.16. The molecule has 12 N–H and O–H groups in total. The molecule has 3 amide bonds. The molecular weight excluding hydrogens is 502 g/mol. The normalized spacial score (nSPS) is 14.1. The quantitative estimate of drug-likeness (QED) is 0.0921. The fourth-order valence-corrected chi connectivity index (χ4v) is 4.06. The zero-order valence-electron chi connectivity index (χ0n) is 22.8. The third kappa shape index (κ3) is 14.1. The first-order valence-electron chi connectivity index (χ1n) is 13.8. The number of carboxylic acids is 1. The lowest BCUT2D eigenvalue weighted by atomic mass is 10.0. The van der Waals surface area contributed by atoms with Crippen molar-refractivity contribution in [3.8, 4) is 0 Å². The molecule has 0 aromatic heterocycles. The van der Waals surface area contributed by atoms with Gasteiger partial charge in [-0.15, -0.1) is 0 Å². The summed E-state index contributed by atoms with van der Waals surface area (Å²) in [6.45, 7) is 1.27. The molecule has 4 atom stereocenters. The molecule has 0 spiro atoms. The maximum Gasteiger partial charge on any atom is 0.326 e. The van der Waals surface area contributed by atoms with Gasteiger partial charge in [0.2, 0.25) is 17.7 Å². The topological polar surface area (TPSA) is 229 Å². The van der Waals surface area contributed by atoms with Gasteiger partial charge in [-0.2, -0.15) is 0 Å². The van der Waals surface area contributed by atoms with E-state index in [0.717, 1.165) is 5.56 Å². The van der Waals surface area contributed by atoms with Crippen molar-refractivity contribution in [2.45, 2.75) is 88.4 Å². The Bertz CT molecular complexity index is 871. The summed E-state index contributed by atoms with van der Waals surface area (Å²) in [6, 6.07) is 5.40. The number of hydrogen-bond donors (Lipinski definition) is 8. The summed E-state index contributed by atoms with van der Waals surface area (Å²) in [4.78, 5) is 50.9. The SMILES string of the molecule is NCCCC[C@H](NC(=O)[C@H](CCCCN)NC(=O)[C@H](CCCCN)NC(=O)[C@@H](N)Cc1ccccc1)C(=O)O. The molecule has 0 bridgehead atoms. The minimum absolute atomic E-state index is 0.221. The van der Waals surface area contributed by atoms with Crippen molar-refractivity contribution in [3.63, 3.8) is 0 Å². The number of benzene rings is 1. The molecule has 1 rings (SSSR count). The van der Waals surface area contributed by atoms with Crippen LogP contribution in [0.3, 0.4) is 0 Å². The Morgan fingerprint density at radius 2 is 1.05 bits per heavy atom. The number of carbonyl (C=O) groups excluding carboxylic acids is 3. The molecule has 0 radical (unpaired) electrons. The number of rotatable bonds is 21. The van der Waals surface area contributed by atoms with E-state index in [2.05, 4.69) is 16.0 Å². The zero-order chi connectivity index (χ0) is 29.0. The third-order valence-electron chi connectivity index (χ3n) is 6.36. The first-order valence-corrected chi connectivity index (χ1v) is 13.8. The highest BCUT2D eigenvalue weighted by molar-refractivity contribution is 5.94. The van der Waals surface area contributed by atoms with Gasteiger partial charge in [-0.25, -0.2) is 4.79 Å². The number of carboxylic acid groups (broad SMARTS) is 1. The molecule has 0 aliphatic carbocycles. The Kier molecular flexibility index (Phi) is 17.4. The van der Waals surface area contributed by atoms with Gasteiger partial charge in [0, 0.05) is 0 Å². The Morgan fingerprint density at radius 3 is 1.49 bits per heavy atom. The molecule has 0 saturated heterocycles. The molecule has 12 nitrogen and oxygen atoms in total. The molecule has 39 heavy (non-hydrogen) atoms. The summed E-state index contributed by atoms with van der Waals surface area (Å²) >= 11 is 0. The van der Waals surface area contributed by atoms with E-state index in [1.165, 1.54) is 0 Å². The molecule has 0 aliphatic rings. The van der Waals surface area contributed by atoms with E-state index in [0.29, 0.717) is 71.0 Å². The van der Waals surface area contributed by atoms with E-state index in [1.54, 1.807) is 0 Å². The Balaban J connectivity index is 2.95. The first-order chi connectivity index (χ1) is 18.7. The maximum atomic E-state index is 13.3. The van der Waals surface area contributed by atoms with Crippen molar-refractivity contribution in [3.05, 3.63) is 35.9 Å². The van der Waals surface area contributed by atoms with Crippen LogP contribution in [0.5, 0.6) is 0 Å². The van der Waals surface area contributed by atoms with Crippen LogP contribution in [-0.2, 0) is 25.6 Å². The largest absolute Gasteiger partial charge is 0.480 e. The van der Waals surface area contributed by atoms with Gasteiger partial charge in [-0.1, -0.05) is 30.3 Å². The fourth-order valence-electron chi connectivity index (χ4n) is 4.06. The molecule has 220 valence electrons. The number of hydrogen-bond acceptors (Lipinski definition) is 8. The van der Waals surface area contributed by atoms with E-state index >= 15 is 0 Å². The molecule has 0 saturated carbocycles. The molecule has 0 fully saturated rings. The number of aliphatic carboxylic acids is 1. The molecule has 0 heterocycles. The van der Waals surface area contributed by atoms with E-state index in [-0.39, 0.29) is 12.8 Å². The van der Waals surface area contributed by atoms with Gasteiger partial charge in [-0.3, -0.25) is 14.4 Å². The lowest BCUT2D eigenvalue weighted by Crippen LogP contribution is -2.57. The second kappa shape index (κ2) is 19.9. The van der Waals surface area contributed by atoms with Crippen molar-refractivity contribution in [2.24, 2.45) is 22.9 Å². The second-order valence-corrected chi connectivity index (χ2v) is 9.67. The maximum absolute atomic E-state index is 13.3. The average Bonchev–Trinajstić information content (AvgIpc) is 2.91. The highest BCUT2D eigenvalue weighted by atomic mass is 16.4. The fraction of sp³-hybridized carbons (Fsp3) is 0.630. The van der Waals surface area contributed by atoms with Crippen molar-refractivity contribution < 1.29 is 24.3 Å². The number of amides is 3. The van der Waals surface area contributed by atoms with Crippen molar-refractivity contribution in [1.82, 2.24) is 16.0 Å². The average molecular weight is 550 g/mol. The van der Waals surface area contributed by atoms with Crippen LogP contribution in [0.2, 0.25) is 0 Å². The van der Waals surface area contributed by atoms with Gasteiger partial charge < -0.3 is 44.0 Å². The smallest absolute Gasteiger partial charge is 0.326 e. The highest BCUT2D eigenvalue weighted by Gasteiger charge is 2.30. The molecule has 0 aliphatic heterocycles. The van der Waals surface area contributed by atoms with Crippen LogP contribution < -0.4 is 38.9 Å². The van der Waals surface area contributed by atoms with E-state index < -0.39 is 47.9 Å². The van der Waals surface area contributed by atoms with Crippen LogP contribution in [0, 0.1) is 0 Å². The Labute approximate surface area is 231 Å². The molecule has 0 unspecified atom stereocenters. The van der Waals surface area contributed by atoms with Crippen LogP contribution in [0.25, 0.3) is 0 Å². The van der Waals surface area contributed by atoms with Crippen LogP contribution in [-0.4, -0.2) is 72.6 Å². The van der Waals surface area contributed by atoms with Gasteiger partial charge in [0.25, 0.3) is 0 Å². The summed E-state index contributed by atoms with van der Waals surface area (Å²) < 4.78 is 0. The summed E-state index contributed by atoms with van der Waals surface area (Å²) in [6.07, 6.45) is 4.67. The van der Waals surface area contributed by atoms with Crippen molar-refractivity contribution in [1.29, 1.82) is 0 Å².